The molecule has 0 spiro atoms. The maximum atomic E-state index is 12.2. The van der Waals surface area contributed by atoms with E-state index in [1.54, 1.807) is 12.1 Å². The molecule has 124 valence electrons. The Labute approximate surface area is 141 Å². The monoisotopic (exact) mass is 341 g/mol. The van der Waals surface area contributed by atoms with Gasteiger partial charge >= 0.3 is 0 Å². The van der Waals surface area contributed by atoms with Crippen molar-refractivity contribution in [2.24, 2.45) is 0 Å². The highest BCUT2D eigenvalue weighted by molar-refractivity contribution is 7.92. The molecule has 2 aromatic carbocycles. The molecule has 0 aliphatic heterocycles. The molecule has 3 rings (SSSR count). The predicted octanol–water partition coefficient (Wildman–Crippen LogP) is 3.37. The van der Waals surface area contributed by atoms with Crippen LogP contribution >= 0.6 is 0 Å². The second kappa shape index (κ2) is 6.88. The van der Waals surface area contributed by atoms with Gasteiger partial charge < -0.3 is 0 Å². The summed E-state index contributed by atoms with van der Waals surface area (Å²) in [4.78, 5) is 0. The lowest BCUT2D eigenvalue weighted by molar-refractivity contribution is 0.600. The van der Waals surface area contributed by atoms with E-state index in [-0.39, 0.29) is 5.75 Å². The Morgan fingerprint density at radius 1 is 1.04 bits per heavy atom. The number of hydrogen-bond acceptors (Lipinski definition) is 3. The summed E-state index contributed by atoms with van der Waals surface area (Å²) in [6.45, 7) is 1.94. The van der Waals surface area contributed by atoms with E-state index in [4.69, 9.17) is 0 Å². The summed E-state index contributed by atoms with van der Waals surface area (Å²) < 4.78 is 27.0. The smallest absolute Gasteiger partial charge is 0.233 e. The minimum absolute atomic E-state index is 0.0529. The third-order valence-electron chi connectivity index (χ3n) is 3.66. The van der Waals surface area contributed by atoms with Crippen molar-refractivity contribution in [1.29, 1.82) is 0 Å². The van der Waals surface area contributed by atoms with Crippen LogP contribution < -0.4 is 4.72 Å². The summed E-state index contributed by atoms with van der Waals surface area (Å²) in [6.07, 6.45) is 0.487. The molecular formula is C18H19N3O2S. The van der Waals surface area contributed by atoms with Crippen LogP contribution in [0.25, 0.3) is 11.3 Å². The number of hydrogen-bond donors (Lipinski definition) is 2. The molecule has 0 unspecified atom stereocenters. The Morgan fingerprint density at radius 2 is 1.75 bits per heavy atom. The number of H-pyrrole nitrogens is 1. The molecule has 0 radical (unpaired) electrons. The molecule has 6 heteroatoms. The second-order valence-corrected chi connectivity index (χ2v) is 7.51. The molecular weight excluding hydrogens is 322 g/mol. The Bertz CT molecular complexity index is 901. The summed E-state index contributed by atoms with van der Waals surface area (Å²) in [5, 5.41) is 7.08. The van der Waals surface area contributed by atoms with E-state index in [1.165, 1.54) is 0 Å². The molecule has 0 bridgehead atoms. The van der Waals surface area contributed by atoms with Gasteiger partial charge in [-0.1, -0.05) is 42.5 Å². The Hall–Kier alpha value is -2.60. The van der Waals surface area contributed by atoms with Gasteiger partial charge in [-0.05, 0) is 37.1 Å². The summed E-state index contributed by atoms with van der Waals surface area (Å²) >= 11 is 0. The van der Waals surface area contributed by atoms with Crippen molar-refractivity contribution >= 4 is 15.7 Å². The molecule has 0 aliphatic rings. The van der Waals surface area contributed by atoms with Crippen LogP contribution in [-0.2, 0) is 16.4 Å². The molecule has 5 nitrogen and oxygen atoms in total. The van der Waals surface area contributed by atoms with Gasteiger partial charge in [-0.25, -0.2) is 8.42 Å². The molecule has 0 saturated carbocycles. The first-order chi connectivity index (χ1) is 11.5. The van der Waals surface area contributed by atoms with Crippen molar-refractivity contribution in [2.75, 3.05) is 10.5 Å². The Morgan fingerprint density at radius 3 is 2.38 bits per heavy atom. The molecule has 3 aromatic rings. The van der Waals surface area contributed by atoms with Gasteiger partial charge in [0, 0.05) is 16.9 Å². The third kappa shape index (κ3) is 4.23. The second-order valence-electron chi connectivity index (χ2n) is 5.67. The van der Waals surface area contributed by atoms with E-state index in [1.807, 2.05) is 55.5 Å². The lowest BCUT2D eigenvalue weighted by Gasteiger charge is -2.08. The van der Waals surface area contributed by atoms with Gasteiger partial charge in [-0.3, -0.25) is 9.82 Å². The van der Waals surface area contributed by atoms with E-state index in [9.17, 15) is 8.42 Å². The number of anilines is 1. The lowest BCUT2D eigenvalue weighted by Crippen LogP contribution is -2.18. The lowest BCUT2D eigenvalue weighted by atomic mass is 10.1. The van der Waals surface area contributed by atoms with Crippen LogP contribution in [-0.4, -0.2) is 24.4 Å². The summed E-state index contributed by atoms with van der Waals surface area (Å²) in [6, 6.07) is 18.7. The first kappa shape index (κ1) is 16.3. The van der Waals surface area contributed by atoms with Crippen molar-refractivity contribution < 1.29 is 8.42 Å². The SMILES string of the molecule is Cc1cc(-c2ccc(NS(=O)(=O)CCc3ccccc3)cc2)n[nH]1. The summed E-state index contributed by atoms with van der Waals surface area (Å²) in [5.41, 5.74) is 4.32. The zero-order chi connectivity index (χ0) is 17.0. The van der Waals surface area contributed by atoms with Gasteiger partial charge in [-0.15, -0.1) is 0 Å². The number of rotatable bonds is 6. The van der Waals surface area contributed by atoms with Gasteiger partial charge in [0.05, 0.1) is 11.4 Å². The minimum Gasteiger partial charge on any atom is -0.284 e. The number of sulfonamides is 1. The fraction of sp³-hybridized carbons (Fsp3) is 0.167. The highest BCUT2D eigenvalue weighted by Crippen LogP contribution is 2.20. The van der Waals surface area contributed by atoms with E-state index >= 15 is 0 Å². The largest absolute Gasteiger partial charge is 0.284 e. The standard InChI is InChI=1S/C18H19N3O2S/c1-14-13-18(20-19-14)16-7-9-17(10-8-16)21-24(22,23)12-11-15-5-3-2-4-6-15/h2-10,13,21H,11-12H2,1H3,(H,19,20). The van der Waals surface area contributed by atoms with Gasteiger partial charge in [0.2, 0.25) is 10.0 Å². The van der Waals surface area contributed by atoms with Crippen molar-refractivity contribution in [3.8, 4) is 11.3 Å². The van der Waals surface area contributed by atoms with E-state index in [0.717, 1.165) is 22.5 Å². The van der Waals surface area contributed by atoms with Crippen LogP contribution in [0.1, 0.15) is 11.3 Å². The quantitative estimate of drug-likeness (QED) is 0.722. The van der Waals surface area contributed by atoms with E-state index in [0.29, 0.717) is 12.1 Å². The van der Waals surface area contributed by atoms with Gasteiger partial charge in [0.25, 0.3) is 0 Å². The first-order valence-corrected chi connectivity index (χ1v) is 9.34. The molecule has 0 fully saturated rings. The Balaban J connectivity index is 1.64. The molecule has 0 amide bonds. The molecule has 0 aliphatic carbocycles. The van der Waals surface area contributed by atoms with Crippen LogP contribution in [0.3, 0.4) is 0 Å². The maximum absolute atomic E-state index is 12.2. The van der Waals surface area contributed by atoms with Gasteiger partial charge in [0.15, 0.2) is 0 Å². The normalized spacial score (nSPS) is 11.4. The van der Waals surface area contributed by atoms with Crippen molar-refractivity contribution in [3.05, 3.63) is 71.9 Å². The molecule has 2 N–H and O–H groups in total. The highest BCUT2D eigenvalue weighted by atomic mass is 32.2. The summed E-state index contributed by atoms with van der Waals surface area (Å²) in [7, 11) is -3.38. The van der Waals surface area contributed by atoms with Gasteiger partial charge in [-0.2, -0.15) is 5.10 Å². The van der Waals surface area contributed by atoms with Crippen LogP contribution in [0.2, 0.25) is 0 Å². The van der Waals surface area contributed by atoms with Crippen LogP contribution in [0, 0.1) is 6.92 Å². The fourth-order valence-electron chi connectivity index (χ4n) is 2.40. The zero-order valence-corrected chi connectivity index (χ0v) is 14.2. The highest BCUT2D eigenvalue weighted by Gasteiger charge is 2.11. The number of aryl methyl sites for hydroxylation is 2. The molecule has 0 saturated heterocycles. The van der Waals surface area contributed by atoms with Gasteiger partial charge in [0.1, 0.15) is 0 Å². The Kier molecular flexibility index (Phi) is 4.66. The van der Waals surface area contributed by atoms with Crippen molar-refractivity contribution in [1.82, 2.24) is 10.2 Å². The van der Waals surface area contributed by atoms with Crippen LogP contribution in [0.4, 0.5) is 5.69 Å². The minimum atomic E-state index is -3.38. The van der Waals surface area contributed by atoms with E-state index in [2.05, 4.69) is 14.9 Å². The van der Waals surface area contributed by atoms with Crippen molar-refractivity contribution in [3.63, 3.8) is 0 Å². The number of nitrogens with one attached hydrogen (secondary N) is 2. The molecule has 24 heavy (non-hydrogen) atoms. The van der Waals surface area contributed by atoms with Crippen LogP contribution in [0.5, 0.6) is 0 Å². The predicted molar refractivity (Wildman–Crippen MR) is 96.3 cm³/mol. The first-order valence-electron chi connectivity index (χ1n) is 7.69. The third-order valence-corrected chi connectivity index (χ3v) is 4.95. The number of benzene rings is 2. The number of nitrogens with zero attached hydrogens (tertiary/aromatic N) is 1. The number of aromatic nitrogens is 2. The number of aromatic amines is 1. The summed E-state index contributed by atoms with van der Waals surface area (Å²) in [5.74, 6) is 0.0529. The maximum Gasteiger partial charge on any atom is 0.233 e. The van der Waals surface area contributed by atoms with E-state index < -0.39 is 10.0 Å². The topological polar surface area (TPSA) is 74.8 Å². The molecule has 1 aromatic heterocycles. The zero-order valence-electron chi connectivity index (χ0n) is 13.4. The average molecular weight is 341 g/mol. The van der Waals surface area contributed by atoms with Crippen LogP contribution in [0.15, 0.2) is 60.7 Å². The van der Waals surface area contributed by atoms with Crippen molar-refractivity contribution in [2.45, 2.75) is 13.3 Å². The molecule has 0 atom stereocenters. The fourth-order valence-corrected chi connectivity index (χ4v) is 3.50. The molecule has 1 heterocycles. The average Bonchev–Trinajstić information content (AvgIpc) is 3.01.